The van der Waals surface area contributed by atoms with Gasteiger partial charge in [0.05, 0.1) is 22.9 Å². The second kappa shape index (κ2) is 13.0. The number of methoxy groups -OCH3 is 1. The van der Waals surface area contributed by atoms with Gasteiger partial charge >= 0.3 is 0 Å². The number of carbonyl (C=O) groups excluding carboxylic acids is 1. The van der Waals surface area contributed by atoms with Gasteiger partial charge in [-0.05, 0) is 55.7 Å². The van der Waals surface area contributed by atoms with Crippen LogP contribution in [0.25, 0.3) is 0 Å². The summed E-state index contributed by atoms with van der Waals surface area (Å²) in [4.78, 5) is 19.1. The van der Waals surface area contributed by atoms with Crippen molar-refractivity contribution in [3.05, 3.63) is 99.3 Å². The van der Waals surface area contributed by atoms with Crippen LogP contribution in [-0.2, 0) is 21.6 Å². The molecule has 0 saturated carbocycles. The molecule has 0 aliphatic carbocycles. The fraction of sp³-hybridized carbons (Fsp3) is 0.379. The van der Waals surface area contributed by atoms with Gasteiger partial charge in [0, 0.05) is 55.3 Å². The maximum absolute atomic E-state index is 13.2. The summed E-state index contributed by atoms with van der Waals surface area (Å²) in [5.74, 6) is -0.145. The minimum Gasteiger partial charge on any atom is -0.384 e. The minimum atomic E-state index is -1.11. The molecule has 2 aliphatic rings. The number of rotatable bonds is 7. The molecule has 2 N–H and O–H groups in total. The summed E-state index contributed by atoms with van der Waals surface area (Å²) in [5, 5.41) is 15.9. The summed E-state index contributed by atoms with van der Waals surface area (Å²) in [7, 11) is 1.58. The Balaban J connectivity index is 0.000000417. The molecule has 5 rings (SSSR count). The van der Waals surface area contributed by atoms with E-state index in [1.807, 2.05) is 42.5 Å². The van der Waals surface area contributed by atoms with Crippen molar-refractivity contribution in [3.63, 3.8) is 0 Å². The van der Waals surface area contributed by atoms with Crippen LogP contribution in [0.4, 0.5) is 0 Å². The van der Waals surface area contributed by atoms with Crippen LogP contribution in [-0.4, -0.2) is 53.8 Å². The van der Waals surface area contributed by atoms with E-state index in [9.17, 15) is 9.90 Å². The number of fused-ring (bicyclic) bond motifs is 1. The Hall–Kier alpha value is -2.52. The van der Waals surface area contributed by atoms with E-state index >= 15 is 0 Å². The molecule has 1 saturated heterocycles. The molecule has 1 amide bonds. The van der Waals surface area contributed by atoms with Crippen molar-refractivity contribution in [2.24, 2.45) is 0 Å². The van der Waals surface area contributed by atoms with Crippen LogP contribution in [0.3, 0.4) is 0 Å². The normalized spacial score (nSPS) is 18.9. The van der Waals surface area contributed by atoms with Gasteiger partial charge in [-0.2, -0.15) is 0 Å². The lowest BCUT2D eigenvalue weighted by atomic mass is 9.92. The SMILES string of the molecule is COC1c2ccc(C(C)(O)CNC3CCOCC3)cc2C(=O)N1Cc1ccc(Cl)cn1.Clc1ccccc1. The first-order chi connectivity index (χ1) is 18.3. The van der Waals surface area contributed by atoms with Crippen LogP contribution in [0.5, 0.6) is 0 Å². The minimum absolute atomic E-state index is 0.145. The van der Waals surface area contributed by atoms with Crippen molar-refractivity contribution in [2.45, 2.75) is 44.2 Å². The molecule has 9 heteroatoms. The fourth-order valence-corrected chi connectivity index (χ4v) is 4.82. The van der Waals surface area contributed by atoms with Gasteiger partial charge in [0.15, 0.2) is 6.23 Å². The smallest absolute Gasteiger partial charge is 0.256 e. The Labute approximate surface area is 233 Å². The standard InChI is InChI=1S/C23H28ClN3O4.C6H5Cl/c1-23(29,14-26-17-7-9-31-10-8-17)15-3-6-19-20(11-15)21(28)27(22(19)30-2)13-18-5-4-16(24)12-25-18;7-6-4-2-1-3-5-6/h3-6,11-12,17,22,26,29H,7-10,13-14H2,1-2H3;1-5H. The molecule has 0 radical (unpaired) electrons. The zero-order valence-corrected chi connectivity index (χ0v) is 23.1. The van der Waals surface area contributed by atoms with E-state index < -0.39 is 11.8 Å². The molecule has 1 fully saturated rings. The predicted molar refractivity (Wildman–Crippen MR) is 148 cm³/mol. The molecular weight excluding hydrogens is 525 g/mol. The van der Waals surface area contributed by atoms with E-state index in [4.69, 9.17) is 32.7 Å². The van der Waals surface area contributed by atoms with Gasteiger partial charge in [-0.3, -0.25) is 9.78 Å². The van der Waals surface area contributed by atoms with Crippen molar-refractivity contribution in [1.29, 1.82) is 0 Å². The third kappa shape index (κ3) is 7.11. The van der Waals surface area contributed by atoms with Crippen LogP contribution < -0.4 is 5.32 Å². The maximum Gasteiger partial charge on any atom is 0.256 e. The molecule has 1 aromatic heterocycles. The molecule has 7 nitrogen and oxygen atoms in total. The van der Waals surface area contributed by atoms with Crippen molar-refractivity contribution >= 4 is 29.1 Å². The maximum atomic E-state index is 13.2. The van der Waals surface area contributed by atoms with Crippen LogP contribution in [0.15, 0.2) is 66.9 Å². The first kappa shape index (κ1) is 28.5. The topological polar surface area (TPSA) is 83.9 Å². The predicted octanol–water partition coefficient (Wildman–Crippen LogP) is 5.35. The summed E-state index contributed by atoms with van der Waals surface area (Å²) >= 11 is 11.5. The highest BCUT2D eigenvalue weighted by atomic mass is 35.5. The van der Waals surface area contributed by atoms with Crippen molar-refractivity contribution in [1.82, 2.24) is 15.2 Å². The quantitative estimate of drug-likeness (QED) is 0.407. The largest absolute Gasteiger partial charge is 0.384 e. The number of ether oxygens (including phenoxy) is 2. The molecular formula is C29H33Cl2N3O4. The molecule has 0 bridgehead atoms. The van der Waals surface area contributed by atoms with E-state index in [-0.39, 0.29) is 5.91 Å². The average Bonchev–Trinajstić information content (AvgIpc) is 3.20. The van der Waals surface area contributed by atoms with Gasteiger partial charge in [0.1, 0.15) is 0 Å². The zero-order chi connectivity index (χ0) is 27.1. The van der Waals surface area contributed by atoms with Gasteiger partial charge in [-0.1, -0.05) is 53.5 Å². The second-order valence-corrected chi connectivity index (χ2v) is 10.5. The van der Waals surface area contributed by atoms with E-state index in [1.165, 1.54) is 0 Å². The Morgan fingerprint density at radius 2 is 1.84 bits per heavy atom. The highest BCUT2D eigenvalue weighted by Gasteiger charge is 2.38. The third-order valence-corrected chi connectivity index (χ3v) is 7.22. The Morgan fingerprint density at radius 3 is 2.45 bits per heavy atom. The van der Waals surface area contributed by atoms with Crippen LogP contribution in [0.2, 0.25) is 10.0 Å². The lowest BCUT2D eigenvalue weighted by Crippen LogP contribution is -2.43. The Kier molecular flexibility index (Phi) is 9.76. The Morgan fingerprint density at radius 1 is 1.11 bits per heavy atom. The summed E-state index contributed by atoms with van der Waals surface area (Å²) in [6.45, 7) is 3.95. The number of hydrogen-bond donors (Lipinski definition) is 2. The van der Waals surface area contributed by atoms with E-state index in [1.54, 1.807) is 43.3 Å². The highest BCUT2D eigenvalue weighted by Crippen LogP contribution is 2.37. The highest BCUT2D eigenvalue weighted by molar-refractivity contribution is 6.30. The number of halogens is 2. The lowest BCUT2D eigenvalue weighted by Gasteiger charge is -2.30. The number of carbonyl (C=O) groups is 1. The van der Waals surface area contributed by atoms with E-state index in [2.05, 4.69) is 10.3 Å². The van der Waals surface area contributed by atoms with Crippen molar-refractivity contribution in [3.8, 4) is 0 Å². The Bertz CT molecular complexity index is 1200. The molecule has 2 atom stereocenters. The van der Waals surface area contributed by atoms with Gasteiger partial charge in [-0.25, -0.2) is 0 Å². The molecule has 2 aromatic carbocycles. The molecule has 38 heavy (non-hydrogen) atoms. The molecule has 2 unspecified atom stereocenters. The number of hydrogen-bond acceptors (Lipinski definition) is 6. The number of nitrogens with one attached hydrogen (secondary N) is 1. The van der Waals surface area contributed by atoms with Gasteiger partial charge in [0.25, 0.3) is 5.91 Å². The summed E-state index contributed by atoms with van der Waals surface area (Å²) in [6, 6.07) is 18.8. The second-order valence-electron chi connectivity index (χ2n) is 9.63. The first-order valence-corrected chi connectivity index (χ1v) is 13.4. The van der Waals surface area contributed by atoms with Gasteiger partial charge in [-0.15, -0.1) is 0 Å². The molecule has 3 heterocycles. The third-order valence-electron chi connectivity index (χ3n) is 6.75. The molecule has 202 valence electrons. The number of aliphatic hydroxyl groups is 1. The van der Waals surface area contributed by atoms with Crippen LogP contribution in [0, 0.1) is 0 Å². The van der Waals surface area contributed by atoms with Crippen molar-refractivity contribution < 1.29 is 19.4 Å². The molecule has 0 spiro atoms. The van der Waals surface area contributed by atoms with Crippen molar-refractivity contribution in [2.75, 3.05) is 26.9 Å². The van der Waals surface area contributed by atoms with Gasteiger partial charge < -0.3 is 24.8 Å². The summed E-state index contributed by atoms with van der Waals surface area (Å²) in [5.41, 5.74) is 1.64. The fourth-order valence-electron chi connectivity index (χ4n) is 4.57. The molecule has 3 aromatic rings. The average molecular weight is 559 g/mol. The van der Waals surface area contributed by atoms with Gasteiger partial charge in [0.2, 0.25) is 0 Å². The number of nitrogens with zero attached hydrogens (tertiary/aromatic N) is 2. The molecule has 2 aliphatic heterocycles. The van der Waals surface area contributed by atoms with E-state index in [0.29, 0.717) is 35.3 Å². The zero-order valence-electron chi connectivity index (χ0n) is 21.6. The summed E-state index contributed by atoms with van der Waals surface area (Å²) in [6.07, 6.45) is 2.93. The summed E-state index contributed by atoms with van der Waals surface area (Å²) < 4.78 is 11.0. The number of aromatic nitrogens is 1. The van der Waals surface area contributed by atoms with E-state index in [0.717, 1.165) is 42.3 Å². The number of benzene rings is 2. The number of amides is 1. The lowest BCUT2D eigenvalue weighted by molar-refractivity contribution is -0.0167. The first-order valence-electron chi connectivity index (χ1n) is 12.6. The van der Waals surface area contributed by atoms with Crippen LogP contribution >= 0.6 is 23.2 Å². The van der Waals surface area contributed by atoms with Crippen LogP contribution in [0.1, 0.15) is 53.2 Å². The number of pyridine rings is 1. The monoisotopic (exact) mass is 557 g/mol.